The summed E-state index contributed by atoms with van der Waals surface area (Å²) in [6, 6.07) is 13.3. The second-order valence-corrected chi connectivity index (χ2v) is 7.90. The van der Waals surface area contributed by atoms with Gasteiger partial charge < -0.3 is 24.0 Å². The third-order valence-electron chi connectivity index (χ3n) is 5.13. The Labute approximate surface area is 179 Å². The summed E-state index contributed by atoms with van der Waals surface area (Å²) in [7, 11) is 3.30. The van der Waals surface area contributed by atoms with Crippen molar-refractivity contribution in [1.82, 2.24) is 9.88 Å². The van der Waals surface area contributed by atoms with Gasteiger partial charge in [0, 0.05) is 26.2 Å². The van der Waals surface area contributed by atoms with E-state index in [0.29, 0.717) is 26.1 Å². The van der Waals surface area contributed by atoms with Crippen LogP contribution in [-0.2, 0) is 4.79 Å². The minimum atomic E-state index is 0.123. The molecule has 0 atom stereocenters. The summed E-state index contributed by atoms with van der Waals surface area (Å²) in [6.07, 6.45) is 0.379. The predicted molar refractivity (Wildman–Crippen MR) is 118 cm³/mol. The number of benzene rings is 2. The molecule has 0 radical (unpaired) electrons. The summed E-state index contributed by atoms with van der Waals surface area (Å²) in [6.45, 7) is 3.23. The van der Waals surface area contributed by atoms with E-state index in [-0.39, 0.29) is 5.91 Å². The number of aromatic nitrogens is 1. The summed E-state index contributed by atoms with van der Waals surface area (Å²) >= 11 is 1.59. The second kappa shape index (κ2) is 9.21. The molecule has 7 nitrogen and oxygen atoms in total. The number of carbonyl (C=O) groups excluding carboxylic acids is 1. The molecule has 158 valence electrons. The lowest BCUT2D eigenvalue weighted by molar-refractivity contribution is -0.132. The van der Waals surface area contributed by atoms with Crippen LogP contribution in [0, 0.1) is 0 Å². The predicted octanol–water partition coefficient (Wildman–Crippen LogP) is 3.43. The molecule has 8 heteroatoms. The first-order valence-electron chi connectivity index (χ1n) is 9.91. The van der Waals surface area contributed by atoms with E-state index < -0.39 is 0 Å². The van der Waals surface area contributed by atoms with Gasteiger partial charge >= 0.3 is 0 Å². The molecule has 0 aliphatic carbocycles. The number of amides is 1. The smallest absolute Gasteiger partial charge is 0.226 e. The number of para-hydroxylation sites is 1. The second-order valence-electron chi connectivity index (χ2n) is 6.92. The van der Waals surface area contributed by atoms with Gasteiger partial charge in [0.05, 0.1) is 27.2 Å². The number of nitrogens with zero attached hydrogens (tertiary/aromatic N) is 3. The molecule has 2 aromatic carbocycles. The van der Waals surface area contributed by atoms with Gasteiger partial charge in [-0.15, -0.1) is 0 Å². The Balaban J connectivity index is 1.34. The number of thiazole rings is 1. The zero-order valence-corrected chi connectivity index (χ0v) is 18.0. The average molecular weight is 428 g/mol. The van der Waals surface area contributed by atoms with Gasteiger partial charge in [0.25, 0.3) is 0 Å². The fourth-order valence-corrected chi connectivity index (χ4v) is 4.61. The zero-order valence-electron chi connectivity index (χ0n) is 17.2. The lowest BCUT2D eigenvalue weighted by Crippen LogP contribution is -2.49. The Bertz CT molecular complexity index is 959. The summed E-state index contributed by atoms with van der Waals surface area (Å²) in [5.41, 5.74) is 0.813. The molecule has 1 fully saturated rings. The van der Waals surface area contributed by atoms with Gasteiger partial charge in [-0.1, -0.05) is 29.5 Å². The van der Waals surface area contributed by atoms with Crippen LogP contribution in [0.3, 0.4) is 0 Å². The number of piperazine rings is 1. The Morgan fingerprint density at radius 1 is 1.00 bits per heavy atom. The lowest BCUT2D eigenvalue weighted by Gasteiger charge is -2.34. The van der Waals surface area contributed by atoms with Crippen molar-refractivity contribution >= 4 is 32.6 Å². The topological polar surface area (TPSA) is 64.1 Å². The normalized spacial score (nSPS) is 14.1. The number of fused-ring (bicyclic) bond motifs is 1. The summed E-state index contributed by atoms with van der Waals surface area (Å²) in [5.74, 6) is 2.44. The molecule has 0 N–H and O–H groups in total. The van der Waals surface area contributed by atoms with Crippen LogP contribution in [0.4, 0.5) is 5.13 Å². The van der Waals surface area contributed by atoms with E-state index in [1.54, 1.807) is 25.6 Å². The Kier molecular flexibility index (Phi) is 6.23. The van der Waals surface area contributed by atoms with Gasteiger partial charge in [-0.25, -0.2) is 4.98 Å². The molecule has 0 spiro atoms. The standard InChI is InChI=1S/C22H25N3O4S/c1-27-17-8-9-18(28-2)21-20(17)23-22(30-21)25-13-11-24(12-14-25)19(26)10-15-29-16-6-4-3-5-7-16/h3-9H,10-15H2,1-2H3. The monoisotopic (exact) mass is 427 g/mol. The van der Waals surface area contributed by atoms with Crippen LogP contribution in [0.25, 0.3) is 10.2 Å². The molecule has 0 bridgehead atoms. The van der Waals surface area contributed by atoms with Crippen LogP contribution in [0.15, 0.2) is 42.5 Å². The van der Waals surface area contributed by atoms with Crippen LogP contribution < -0.4 is 19.1 Å². The number of ether oxygens (including phenoxy) is 3. The molecule has 1 aromatic heterocycles. The third kappa shape index (κ3) is 4.28. The van der Waals surface area contributed by atoms with Crippen molar-refractivity contribution in [3.05, 3.63) is 42.5 Å². The molecular weight excluding hydrogens is 402 g/mol. The maximum absolute atomic E-state index is 12.5. The molecule has 0 saturated carbocycles. The first-order chi connectivity index (χ1) is 14.7. The van der Waals surface area contributed by atoms with Gasteiger partial charge in [0.2, 0.25) is 5.91 Å². The highest BCUT2D eigenvalue weighted by atomic mass is 32.1. The number of hydrogen-bond donors (Lipinski definition) is 0. The number of anilines is 1. The minimum absolute atomic E-state index is 0.123. The van der Waals surface area contributed by atoms with Crippen LogP contribution in [0.5, 0.6) is 17.2 Å². The average Bonchev–Trinajstić information content (AvgIpc) is 3.25. The van der Waals surface area contributed by atoms with E-state index in [4.69, 9.17) is 19.2 Å². The van der Waals surface area contributed by atoms with Crippen molar-refractivity contribution in [2.75, 3.05) is 51.9 Å². The highest BCUT2D eigenvalue weighted by Crippen LogP contribution is 2.40. The van der Waals surface area contributed by atoms with Gasteiger partial charge in [-0.2, -0.15) is 0 Å². The van der Waals surface area contributed by atoms with E-state index in [2.05, 4.69) is 4.90 Å². The number of hydrogen-bond acceptors (Lipinski definition) is 7. The van der Waals surface area contributed by atoms with E-state index >= 15 is 0 Å². The van der Waals surface area contributed by atoms with Crippen LogP contribution >= 0.6 is 11.3 Å². The van der Waals surface area contributed by atoms with Gasteiger partial charge in [0.15, 0.2) is 5.13 Å². The maximum Gasteiger partial charge on any atom is 0.226 e. The van der Waals surface area contributed by atoms with E-state index in [1.165, 1.54) is 0 Å². The molecule has 1 saturated heterocycles. The van der Waals surface area contributed by atoms with Crippen molar-refractivity contribution < 1.29 is 19.0 Å². The molecule has 1 aliphatic heterocycles. The third-order valence-corrected chi connectivity index (χ3v) is 6.26. The van der Waals surface area contributed by atoms with Crippen LogP contribution in [-0.4, -0.2) is 62.8 Å². The molecule has 30 heavy (non-hydrogen) atoms. The molecule has 3 aromatic rings. The Morgan fingerprint density at radius 3 is 2.40 bits per heavy atom. The van der Waals surface area contributed by atoms with Crippen molar-refractivity contribution in [3.8, 4) is 17.2 Å². The van der Waals surface area contributed by atoms with E-state index in [0.717, 1.165) is 45.7 Å². The minimum Gasteiger partial charge on any atom is -0.495 e. The Hall–Kier alpha value is -3.00. The number of carbonyl (C=O) groups is 1. The van der Waals surface area contributed by atoms with Crippen molar-refractivity contribution in [1.29, 1.82) is 0 Å². The molecule has 0 unspecified atom stereocenters. The molecular formula is C22H25N3O4S. The van der Waals surface area contributed by atoms with Crippen molar-refractivity contribution in [2.45, 2.75) is 6.42 Å². The lowest BCUT2D eigenvalue weighted by atomic mass is 10.3. The largest absolute Gasteiger partial charge is 0.495 e. The van der Waals surface area contributed by atoms with Gasteiger partial charge in [-0.05, 0) is 24.3 Å². The first kappa shape index (κ1) is 20.3. The summed E-state index contributed by atoms with van der Waals surface area (Å²) in [5, 5.41) is 0.923. The summed E-state index contributed by atoms with van der Waals surface area (Å²) < 4.78 is 17.5. The van der Waals surface area contributed by atoms with Crippen molar-refractivity contribution in [3.63, 3.8) is 0 Å². The molecule has 1 amide bonds. The summed E-state index contributed by atoms with van der Waals surface area (Å²) in [4.78, 5) is 21.4. The quantitative estimate of drug-likeness (QED) is 0.576. The highest BCUT2D eigenvalue weighted by molar-refractivity contribution is 7.22. The fraction of sp³-hybridized carbons (Fsp3) is 0.364. The number of methoxy groups -OCH3 is 2. The van der Waals surface area contributed by atoms with Gasteiger partial charge in [0.1, 0.15) is 27.5 Å². The molecule has 4 rings (SSSR count). The fourth-order valence-electron chi connectivity index (χ4n) is 3.49. The van der Waals surface area contributed by atoms with E-state index in [1.807, 2.05) is 47.4 Å². The zero-order chi connectivity index (χ0) is 20.9. The Morgan fingerprint density at radius 2 is 1.70 bits per heavy atom. The number of rotatable bonds is 7. The van der Waals surface area contributed by atoms with Gasteiger partial charge in [-0.3, -0.25) is 4.79 Å². The maximum atomic E-state index is 12.5. The van der Waals surface area contributed by atoms with Crippen molar-refractivity contribution in [2.24, 2.45) is 0 Å². The highest BCUT2D eigenvalue weighted by Gasteiger charge is 2.24. The van der Waals surface area contributed by atoms with Crippen LogP contribution in [0.2, 0.25) is 0 Å². The molecule has 1 aliphatic rings. The SMILES string of the molecule is COc1ccc(OC)c2sc(N3CCN(C(=O)CCOc4ccccc4)CC3)nc12. The van der Waals surface area contributed by atoms with E-state index in [9.17, 15) is 4.79 Å². The first-order valence-corrected chi connectivity index (χ1v) is 10.7. The van der Waals surface area contributed by atoms with Crippen LogP contribution in [0.1, 0.15) is 6.42 Å². The molecule has 2 heterocycles.